The number of rotatable bonds is 3. The van der Waals surface area contributed by atoms with E-state index in [1.165, 1.54) is 0 Å². The lowest BCUT2D eigenvalue weighted by Crippen LogP contribution is -2.51. The third kappa shape index (κ3) is 3.59. The Labute approximate surface area is 97.9 Å². The van der Waals surface area contributed by atoms with E-state index in [0.717, 1.165) is 19.4 Å². The molecular weight excluding hydrogens is 236 g/mol. The Morgan fingerprint density at radius 3 is 2.60 bits per heavy atom. The first kappa shape index (κ1) is 13.2. The van der Waals surface area contributed by atoms with Crippen LogP contribution in [-0.2, 0) is 10.0 Å². The van der Waals surface area contributed by atoms with Crippen molar-refractivity contribution < 1.29 is 8.42 Å². The van der Waals surface area contributed by atoms with Gasteiger partial charge in [-0.3, -0.25) is 0 Å². The summed E-state index contributed by atoms with van der Waals surface area (Å²) in [5.41, 5.74) is 0. The van der Waals surface area contributed by atoms with Crippen molar-refractivity contribution in [1.82, 2.24) is 9.62 Å². The predicted octanol–water partition coefficient (Wildman–Crippen LogP) is 0.442. The van der Waals surface area contributed by atoms with Gasteiger partial charge in [0.05, 0.1) is 5.75 Å². The summed E-state index contributed by atoms with van der Waals surface area (Å²) in [5.74, 6) is 0.824. The second kappa shape index (κ2) is 4.99. The lowest BCUT2D eigenvalue weighted by Gasteiger charge is -2.31. The molecule has 0 spiro atoms. The zero-order valence-electron chi connectivity index (χ0n) is 8.98. The summed E-state index contributed by atoms with van der Waals surface area (Å²) in [4.78, 5) is 0. The van der Waals surface area contributed by atoms with Gasteiger partial charge < -0.3 is 5.32 Å². The Morgan fingerprint density at radius 1 is 1.40 bits per heavy atom. The molecule has 1 saturated heterocycles. The molecule has 0 aromatic heterocycles. The first-order valence-corrected chi connectivity index (χ1v) is 6.90. The smallest absolute Gasteiger partial charge is 0.214 e. The van der Waals surface area contributed by atoms with E-state index >= 15 is 0 Å². The van der Waals surface area contributed by atoms with Gasteiger partial charge in [0.15, 0.2) is 0 Å². The maximum Gasteiger partial charge on any atom is 0.214 e. The highest BCUT2D eigenvalue weighted by Gasteiger charge is 2.33. The van der Waals surface area contributed by atoms with Gasteiger partial charge >= 0.3 is 0 Å². The average molecular weight is 255 g/mol. The van der Waals surface area contributed by atoms with Crippen molar-refractivity contribution in [1.29, 1.82) is 0 Å². The highest BCUT2D eigenvalue weighted by Crippen LogP contribution is 2.31. The van der Waals surface area contributed by atoms with Crippen molar-refractivity contribution in [2.45, 2.75) is 25.8 Å². The van der Waals surface area contributed by atoms with Crippen molar-refractivity contribution in [2.24, 2.45) is 5.92 Å². The van der Waals surface area contributed by atoms with Crippen LogP contribution < -0.4 is 5.32 Å². The van der Waals surface area contributed by atoms with E-state index in [1.807, 2.05) is 6.92 Å². The molecule has 2 fully saturated rings. The zero-order valence-corrected chi connectivity index (χ0v) is 10.6. The zero-order chi connectivity index (χ0) is 10.2. The molecule has 0 amide bonds. The summed E-state index contributed by atoms with van der Waals surface area (Å²) in [7, 11) is -2.96. The molecular formula is C9H19ClN2O2S. The van der Waals surface area contributed by atoms with Gasteiger partial charge in [-0.1, -0.05) is 0 Å². The summed E-state index contributed by atoms with van der Waals surface area (Å²) in [6.45, 7) is 4.08. The number of nitrogens with one attached hydrogen (secondary N) is 1. The molecule has 2 aliphatic rings. The summed E-state index contributed by atoms with van der Waals surface area (Å²) in [6.07, 6.45) is 2.20. The molecule has 0 aromatic carbocycles. The first-order valence-electron chi connectivity index (χ1n) is 5.29. The van der Waals surface area contributed by atoms with Crippen LogP contribution in [0.5, 0.6) is 0 Å². The molecule has 0 unspecified atom stereocenters. The minimum atomic E-state index is -2.96. The Bertz CT molecular complexity index is 303. The SMILES string of the molecule is C[C@@H]1CN(S(=O)(=O)CC2CC2)CCN1.Cl. The molecule has 6 heteroatoms. The van der Waals surface area contributed by atoms with Crippen molar-refractivity contribution in [3.8, 4) is 0 Å². The van der Waals surface area contributed by atoms with Crippen molar-refractivity contribution in [3.05, 3.63) is 0 Å². The second-order valence-electron chi connectivity index (χ2n) is 4.44. The molecule has 1 heterocycles. The maximum absolute atomic E-state index is 11.9. The highest BCUT2D eigenvalue weighted by molar-refractivity contribution is 7.89. The Kier molecular flexibility index (Phi) is 4.40. The third-order valence-corrected chi connectivity index (χ3v) is 4.88. The van der Waals surface area contributed by atoms with Gasteiger partial charge in [0.25, 0.3) is 0 Å². The van der Waals surface area contributed by atoms with Crippen molar-refractivity contribution >= 4 is 22.4 Å². The lowest BCUT2D eigenvalue weighted by molar-refractivity contribution is 0.309. The number of hydrogen-bond donors (Lipinski definition) is 1. The van der Waals surface area contributed by atoms with E-state index in [0.29, 0.717) is 24.8 Å². The molecule has 4 nitrogen and oxygen atoms in total. The topological polar surface area (TPSA) is 49.4 Å². The Morgan fingerprint density at radius 2 is 2.07 bits per heavy atom. The van der Waals surface area contributed by atoms with Crippen LogP contribution in [0.1, 0.15) is 19.8 Å². The quantitative estimate of drug-likeness (QED) is 0.795. The Hall–Kier alpha value is 0.160. The number of hydrogen-bond acceptors (Lipinski definition) is 3. The molecule has 0 aromatic rings. The van der Waals surface area contributed by atoms with E-state index in [2.05, 4.69) is 5.32 Å². The molecule has 0 radical (unpaired) electrons. The summed E-state index contributed by atoms with van der Waals surface area (Å²) in [6, 6.07) is 0.290. The molecule has 1 saturated carbocycles. The van der Waals surface area contributed by atoms with Crippen LogP contribution in [0.2, 0.25) is 0 Å². The van der Waals surface area contributed by atoms with Crippen LogP contribution in [0.4, 0.5) is 0 Å². The van der Waals surface area contributed by atoms with Gasteiger partial charge in [0.1, 0.15) is 0 Å². The van der Waals surface area contributed by atoms with Crippen LogP contribution in [0, 0.1) is 5.92 Å². The van der Waals surface area contributed by atoms with E-state index in [-0.39, 0.29) is 18.4 Å². The normalized spacial score (nSPS) is 28.5. The van der Waals surface area contributed by atoms with E-state index in [9.17, 15) is 8.42 Å². The van der Waals surface area contributed by atoms with Crippen LogP contribution in [-0.4, -0.2) is 44.2 Å². The molecule has 1 N–H and O–H groups in total. The van der Waals surface area contributed by atoms with Crippen LogP contribution in [0.25, 0.3) is 0 Å². The van der Waals surface area contributed by atoms with Crippen molar-refractivity contribution in [2.75, 3.05) is 25.4 Å². The van der Waals surface area contributed by atoms with Crippen LogP contribution >= 0.6 is 12.4 Å². The van der Waals surface area contributed by atoms with Gasteiger partial charge in [-0.05, 0) is 25.7 Å². The van der Waals surface area contributed by atoms with Crippen molar-refractivity contribution in [3.63, 3.8) is 0 Å². The van der Waals surface area contributed by atoms with E-state index in [4.69, 9.17) is 0 Å². The van der Waals surface area contributed by atoms with Gasteiger partial charge in [0, 0.05) is 25.7 Å². The number of sulfonamides is 1. The molecule has 2 rings (SSSR count). The Balaban J connectivity index is 0.00000112. The average Bonchev–Trinajstić information content (AvgIpc) is 2.87. The standard InChI is InChI=1S/C9H18N2O2S.ClH/c1-8-6-11(5-4-10-8)14(12,13)7-9-2-3-9;/h8-10H,2-7H2,1H3;1H/t8-;/m1./s1. The third-order valence-electron chi connectivity index (χ3n) is 2.87. The van der Waals surface area contributed by atoms with Crippen LogP contribution in [0.3, 0.4) is 0 Å². The molecule has 15 heavy (non-hydrogen) atoms. The largest absolute Gasteiger partial charge is 0.312 e. The minimum absolute atomic E-state index is 0. The van der Waals surface area contributed by atoms with E-state index in [1.54, 1.807) is 4.31 Å². The minimum Gasteiger partial charge on any atom is -0.312 e. The molecule has 1 aliphatic carbocycles. The second-order valence-corrected chi connectivity index (χ2v) is 6.45. The van der Waals surface area contributed by atoms with Gasteiger partial charge in [-0.2, -0.15) is 4.31 Å². The molecule has 90 valence electrons. The fourth-order valence-corrected chi connectivity index (χ4v) is 3.80. The number of halogens is 1. The van der Waals surface area contributed by atoms with Gasteiger partial charge in [-0.15, -0.1) is 12.4 Å². The fraction of sp³-hybridized carbons (Fsp3) is 1.00. The molecule has 1 aliphatic heterocycles. The van der Waals surface area contributed by atoms with Gasteiger partial charge in [-0.25, -0.2) is 8.42 Å². The lowest BCUT2D eigenvalue weighted by atomic mass is 10.3. The summed E-state index contributed by atoms with van der Waals surface area (Å²) >= 11 is 0. The number of piperazine rings is 1. The highest BCUT2D eigenvalue weighted by atomic mass is 35.5. The number of nitrogens with zero attached hydrogens (tertiary/aromatic N) is 1. The monoisotopic (exact) mass is 254 g/mol. The summed E-state index contributed by atoms with van der Waals surface area (Å²) < 4.78 is 25.4. The predicted molar refractivity (Wildman–Crippen MR) is 62.8 cm³/mol. The van der Waals surface area contributed by atoms with E-state index < -0.39 is 10.0 Å². The summed E-state index contributed by atoms with van der Waals surface area (Å²) in [5, 5.41) is 3.25. The molecule has 1 atom stereocenters. The first-order chi connectivity index (χ1) is 6.58. The van der Waals surface area contributed by atoms with Gasteiger partial charge in [0.2, 0.25) is 10.0 Å². The maximum atomic E-state index is 11.9. The fourth-order valence-electron chi connectivity index (χ4n) is 1.84. The van der Waals surface area contributed by atoms with Crippen LogP contribution in [0.15, 0.2) is 0 Å². The molecule has 0 bridgehead atoms.